The monoisotopic (exact) mass is 350 g/mol. The highest BCUT2D eigenvalue weighted by molar-refractivity contribution is 7.85. The molecule has 2 rings (SSSR count). The number of hydrogen-bond acceptors (Lipinski definition) is 5. The second-order valence-corrected chi connectivity index (χ2v) is 7.13. The van der Waals surface area contributed by atoms with E-state index in [-0.39, 0.29) is 30.7 Å². The largest absolute Gasteiger partial charge is 0.497 e. The van der Waals surface area contributed by atoms with Gasteiger partial charge in [-0.05, 0) is 35.4 Å². The van der Waals surface area contributed by atoms with Crippen LogP contribution in [0.4, 0.5) is 0 Å². The molecule has 2 atom stereocenters. The van der Waals surface area contributed by atoms with Crippen LogP contribution in [0.1, 0.15) is 18.4 Å². The summed E-state index contributed by atoms with van der Waals surface area (Å²) in [6.45, 7) is 1.76. The molecule has 130 valence electrons. The number of carbonyl (C=O) groups is 1. The zero-order chi connectivity index (χ0) is 17.5. The third-order valence-electron chi connectivity index (χ3n) is 3.80. The number of ether oxygens (including phenoxy) is 2. The molecule has 1 unspecified atom stereocenters. The molecule has 0 spiro atoms. The van der Waals surface area contributed by atoms with Crippen LogP contribution in [0.15, 0.2) is 36.4 Å². The highest BCUT2D eigenvalue weighted by Crippen LogP contribution is 2.25. The van der Waals surface area contributed by atoms with Gasteiger partial charge in [0.15, 0.2) is 0 Å². The maximum absolute atomic E-state index is 12.1. The predicted molar refractivity (Wildman–Crippen MR) is 94.8 cm³/mol. The van der Waals surface area contributed by atoms with Crippen LogP contribution in [-0.2, 0) is 20.3 Å². The zero-order valence-corrected chi connectivity index (χ0v) is 14.7. The molecular formula is C18H22O5S. The van der Waals surface area contributed by atoms with Crippen molar-refractivity contribution in [1.29, 1.82) is 0 Å². The van der Waals surface area contributed by atoms with Gasteiger partial charge in [-0.1, -0.05) is 24.3 Å². The van der Waals surface area contributed by atoms with Crippen molar-refractivity contribution < 1.29 is 23.6 Å². The maximum Gasteiger partial charge on any atom is 0.313 e. The number of carbonyl (C=O) groups excluding carboxylic acids is 1. The fourth-order valence-corrected chi connectivity index (χ4v) is 3.02. The van der Waals surface area contributed by atoms with E-state index in [4.69, 9.17) is 14.6 Å². The average molecular weight is 350 g/mol. The summed E-state index contributed by atoms with van der Waals surface area (Å²) >= 11 is 0. The van der Waals surface area contributed by atoms with Gasteiger partial charge in [-0.2, -0.15) is 0 Å². The zero-order valence-electron chi connectivity index (χ0n) is 13.9. The van der Waals surface area contributed by atoms with Crippen molar-refractivity contribution in [2.24, 2.45) is 0 Å². The normalized spacial score (nSPS) is 13.5. The topological polar surface area (TPSA) is 72.8 Å². The number of fused-ring (bicyclic) bond motifs is 1. The lowest BCUT2D eigenvalue weighted by Crippen LogP contribution is -2.18. The molecule has 5 nitrogen and oxygen atoms in total. The molecule has 0 saturated carbocycles. The molecule has 0 aromatic heterocycles. The molecule has 1 N–H and O–H groups in total. The van der Waals surface area contributed by atoms with Crippen LogP contribution in [0.2, 0.25) is 0 Å². The number of rotatable bonds is 8. The van der Waals surface area contributed by atoms with Crippen LogP contribution in [0, 0.1) is 0 Å². The summed E-state index contributed by atoms with van der Waals surface area (Å²) in [5.74, 6) is 0.503. The first-order chi connectivity index (χ1) is 11.5. The Bertz CT molecular complexity index is 728. The summed E-state index contributed by atoms with van der Waals surface area (Å²) in [5, 5.41) is 10.8. The molecular weight excluding hydrogens is 328 g/mol. The fourth-order valence-electron chi connectivity index (χ4n) is 2.34. The Morgan fingerprint density at radius 1 is 1.17 bits per heavy atom. The summed E-state index contributed by atoms with van der Waals surface area (Å²) in [5.41, 5.74) is 0.870. The predicted octanol–water partition coefficient (Wildman–Crippen LogP) is 2.24. The summed E-state index contributed by atoms with van der Waals surface area (Å²) in [6, 6.07) is 11.6. The van der Waals surface area contributed by atoms with Crippen molar-refractivity contribution >= 4 is 27.5 Å². The first kappa shape index (κ1) is 18.4. The number of benzene rings is 2. The first-order valence-corrected chi connectivity index (χ1v) is 9.24. The van der Waals surface area contributed by atoms with Crippen molar-refractivity contribution in [3.8, 4) is 5.75 Å². The minimum absolute atomic E-state index is 0.0978. The minimum Gasteiger partial charge on any atom is -0.497 e. The summed E-state index contributed by atoms with van der Waals surface area (Å²) in [6.07, 6.45) is 0. The standard InChI is InChI=1S/C18H22O5S/c1-13(18(20)23-8-10-24(21)9-7-19)14-3-4-16-12-17(22-2)6-5-15(16)11-14/h3-6,11-13,19H,7-10H2,1-2H3/t13-,24?/m0/s1. The Kier molecular flexibility index (Phi) is 6.75. The first-order valence-electron chi connectivity index (χ1n) is 7.75. The smallest absolute Gasteiger partial charge is 0.313 e. The van der Waals surface area contributed by atoms with Gasteiger partial charge in [0.2, 0.25) is 0 Å². The second-order valence-electron chi connectivity index (χ2n) is 5.43. The van der Waals surface area contributed by atoms with Crippen LogP contribution in [0.3, 0.4) is 0 Å². The third kappa shape index (κ3) is 4.79. The number of hydrogen-bond donors (Lipinski definition) is 1. The highest BCUT2D eigenvalue weighted by Gasteiger charge is 2.17. The maximum atomic E-state index is 12.1. The Hall–Kier alpha value is -1.92. The molecule has 0 fully saturated rings. The summed E-state index contributed by atoms with van der Waals surface area (Å²) < 4.78 is 21.8. The van der Waals surface area contributed by atoms with Gasteiger partial charge in [-0.3, -0.25) is 9.00 Å². The Morgan fingerprint density at radius 2 is 1.88 bits per heavy atom. The SMILES string of the molecule is COc1ccc2cc([C@H](C)C(=O)OCCS(=O)CCO)ccc2c1. The lowest BCUT2D eigenvalue weighted by atomic mass is 9.98. The number of methoxy groups -OCH3 is 1. The molecule has 0 heterocycles. The number of aliphatic hydroxyl groups is 1. The molecule has 0 amide bonds. The fraction of sp³-hybridized carbons (Fsp3) is 0.389. The van der Waals surface area contributed by atoms with E-state index < -0.39 is 16.7 Å². The van der Waals surface area contributed by atoms with Crippen molar-refractivity contribution in [3.05, 3.63) is 42.0 Å². The van der Waals surface area contributed by atoms with Gasteiger partial charge in [-0.25, -0.2) is 0 Å². The Morgan fingerprint density at radius 3 is 2.58 bits per heavy atom. The molecule has 2 aromatic carbocycles. The van der Waals surface area contributed by atoms with E-state index in [2.05, 4.69) is 0 Å². The second kappa shape index (κ2) is 8.80. The summed E-state index contributed by atoms with van der Waals surface area (Å²) in [7, 11) is 0.471. The molecule has 0 aliphatic heterocycles. The van der Waals surface area contributed by atoms with Crippen molar-refractivity contribution in [3.63, 3.8) is 0 Å². The molecule has 0 saturated heterocycles. The van der Waals surface area contributed by atoms with Crippen LogP contribution in [0.5, 0.6) is 5.75 Å². The Labute approximate surface area is 144 Å². The van der Waals surface area contributed by atoms with Gasteiger partial charge in [-0.15, -0.1) is 0 Å². The van der Waals surface area contributed by atoms with Gasteiger partial charge in [0, 0.05) is 16.6 Å². The van der Waals surface area contributed by atoms with Gasteiger partial charge in [0.25, 0.3) is 0 Å². The lowest BCUT2D eigenvalue weighted by molar-refractivity contribution is -0.144. The lowest BCUT2D eigenvalue weighted by Gasteiger charge is -2.13. The van der Waals surface area contributed by atoms with E-state index in [9.17, 15) is 9.00 Å². The highest BCUT2D eigenvalue weighted by atomic mass is 32.2. The van der Waals surface area contributed by atoms with Crippen molar-refractivity contribution in [2.75, 3.05) is 31.8 Å². The molecule has 24 heavy (non-hydrogen) atoms. The van der Waals surface area contributed by atoms with Gasteiger partial charge < -0.3 is 14.6 Å². The van der Waals surface area contributed by atoms with E-state index in [0.717, 1.165) is 22.1 Å². The van der Waals surface area contributed by atoms with Crippen molar-refractivity contribution in [2.45, 2.75) is 12.8 Å². The summed E-state index contributed by atoms with van der Waals surface area (Å²) in [4.78, 5) is 12.1. The average Bonchev–Trinajstić information content (AvgIpc) is 2.60. The van der Waals surface area contributed by atoms with E-state index in [1.807, 2.05) is 36.4 Å². The molecule has 0 radical (unpaired) electrons. The van der Waals surface area contributed by atoms with E-state index in [1.165, 1.54) is 0 Å². The minimum atomic E-state index is -1.16. The molecule has 6 heteroatoms. The van der Waals surface area contributed by atoms with Crippen LogP contribution < -0.4 is 4.74 Å². The molecule has 0 aliphatic rings. The Balaban J connectivity index is 2.00. The third-order valence-corrected chi connectivity index (χ3v) is 5.06. The van der Waals surface area contributed by atoms with Gasteiger partial charge in [0.1, 0.15) is 12.4 Å². The van der Waals surface area contributed by atoms with E-state index in [1.54, 1.807) is 14.0 Å². The number of esters is 1. The molecule has 0 bridgehead atoms. The van der Waals surface area contributed by atoms with Crippen LogP contribution in [-0.4, -0.2) is 47.1 Å². The molecule has 0 aliphatic carbocycles. The van der Waals surface area contributed by atoms with Crippen LogP contribution >= 0.6 is 0 Å². The number of aliphatic hydroxyl groups excluding tert-OH is 1. The van der Waals surface area contributed by atoms with Gasteiger partial charge in [0.05, 0.1) is 25.4 Å². The van der Waals surface area contributed by atoms with Crippen LogP contribution in [0.25, 0.3) is 10.8 Å². The molecule has 2 aromatic rings. The van der Waals surface area contributed by atoms with Crippen molar-refractivity contribution in [1.82, 2.24) is 0 Å². The van der Waals surface area contributed by atoms with E-state index >= 15 is 0 Å². The van der Waals surface area contributed by atoms with Gasteiger partial charge >= 0.3 is 5.97 Å². The quantitative estimate of drug-likeness (QED) is 0.739. The van der Waals surface area contributed by atoms with E-state index in [0.29, 0.717) is 0 Å².